The van der Waals surface area contributed by atoms with Gasteiger partial charge in [0.25, 0.3) is 5.56 Å². The third-order valence-corrected chi connectivity index (χ3v) is 8.02. The highest BCUT2D eigenvalue weighted by atomic mass is 32.2. The van der Waals surface area contributed by atoms with Gasteiger partial charge in [-0.15, -0.1) is 11.3 Å². The zero-order chi connectivity index (χ0) is 21.1. The molecule has 162 valence electrons. The highest BCUT2D eigenvalue weighted by Gasteiger charge is 2.23. The van der Waals surface area contributed by atoms with Gasteiger partial charge in [-0.2, -0.15) is 11.8 Å². The lowest BCUT2D eigenvalue weighted by molar-refractivity contribution is -0.139. The monoisotopic (exact) mass is 448 g/mol. The summed E-state index contributed by atoms with van der Waals surface area (Å²) >= 11 is 3.29. The molecule has 3 heterocycles. The Hall–Kier alpha value is -1.87. The number of rotatable bonds is 6. The number of aryl methyl sites for hydroxylation is 2. The number of amides is 2. The second-order valence-electron chi connectivity index (χ2n) is 7.82. The molecule has 0 radical (unpaired) electrons. The first-order valence-corrected chi connectivity index (χ1v) is 12.7. The van der Waals surface area contributed by atoms with E-state index in [1.807, 2.05) is 16.7 Å². The van der Waals surface area contributed by atoms with E-state index in [1.54, 1.807) is 23.1 Å². The van der Waals surface area contributed by atoms with Gasteiger partial charge in [0.2, 0.25) is 11.8 Å². The molecule has 2 amide bonds. The Morgan fingerprint density at radius 2 is 1.80 bits per heavy atom. The fourth-order valence-corrected chi connectivity index (χ4v) is 6.27. The van der Waals surface area contributed by atoms with Gasteiger partial charge >= 0.3 is 0 Å². The van der Waals surface area contributed by atoms with Gasteiger partial charge in [-0.25, -0.2) is 4.98 Å². The molecule has 2 aromatic rings. The van der Waals surface area contributed by atoms with Crippen molar-refractivity contribution in [2.24, 2.45) is 0 Å². The van der Waals surface area contributed by atoms with E-state index in [-0.39, 0.29) is 17.4 Å². The maximum atomic E-state index is 12.6. The molecule has 1 N–H and O–H groups in total. The minimum atomic E-state index is -0.0226. The van der Waals surface area contributed by atoms with Crippen LogP contribution in [0.5, 0.6) is 0 Å². The lowest BCUT2D eigenvalue weighted by Crippen LogP contribution is -2.50. The van der Waals surface area contributed by atoms with Crippen molar-refractivity contribution in [1.82, 2.24) is 19.8 Å². The number of aromatic amines is 1. The molecular weight excluding hydrogens is 420 g/mol. The Morgan fingerprint density at radius 1 is 1.10 bits per heavy atom. The van der Waals surface area contributed by atoms with Crippen LogP contribution in [0.15, 0.2) is 4.79 Å². The number of piperazine rings is 1. The van der Waals surface area contributed by atoms with Gasteiger partial charge in [-0.05, 0) is 31.2 Å². The molecule has 1 fully saturated rings. The van der Waals surface area contributed by atoms with Crippen molar-refractivity contribution in [2.75, 3.05) is 31.9 Å². The number of thioether (sulfide) groups is 1. The quantitative estimate of drug-likeness (QED) is 0.687. The number of aromatic nitrogens is 2. The van der Waals surface area contributed by atoms with Gasteiger partial charge < -0.3 is 14.8 Å². The first kappa shape index (κ1) is 21.4. The van der Waals surface area contributed by atoms with Crippen LogP contribution in [0.2, 0.25) is 0 Å². The highest BCUT2D eigenvalue weighted by Crippen LogP contribution is 2.33. The number of H-pyrrole nitrogens is 1. The number of nitrogens with zero attached hydrogens (tertiary/aromatic N) is 3. The Morgan fingerprint density at radius 3 is 2.53 bits per heavy atom. The molecule has 7 nitrogen and oxygen atoms in total. The van der Waals surface area contributed by atoms with Crippen molar-refractivity contribution in [2.45, 2.75) is 51.2 Å². The molecule has 2 aliphatic rings. The van der Waals surface area contributed by atoms with Gasteiger partial charge in [0, 0.05) is 49.7 Å². The van der Waals surface area contributed by atoms with E-state index in [1.165, 1.54) is 16.9 Å². The number of hydrogen-bond donors (Lipinski definition) is 1. The smallest absolute Gasteiger partial charge is 0.259 e. The third-order valence-electron chi connectivity index (χ3n) is 5.86. The van der Waals surface area contributed by atoms with Crippen molar-refractivity contribution < 1.29 is 9.59 Å². The molecular formula is C21H28N4O3S2. The number of carbonyl (C=O) groups is 2. The second kappa shape index (κ2) is 9.51. The van der Waals surface area contributed by atoms with Crippen molar-refractivity contribution >= 4 is 45.1 Å². The summed E-state index contributed by atoms with van der Waals surface area (Å²) in [7, 11) is 0. The number of fused-ring (bicyclic) bond motifs is 3. The SMILES string of the molecule is CCC(=O)N1CCN(C(=O)CCSCc2nc3sc4c(c3c(=O)[nH]2)CCCC4)CC1. The van der Waals surface area contributed by atoms with E-state index in [4.69, 9.17) is 0 Å². The van der Waals surface area contributed by atoms with Crippen LogP contribution in [0.25, 0.3) is 10.2 Å². The second-order valence-corrected chi connectivity index (χ2v) is 10.0. The largest absolute Gasteiger partial charge is 0.339 e. The fraction of sp³-hybridized carbons (Fsp3) is 0.619. The molecule has 1 aliphatic carbocycles. The van der Waals surface area contributed by atoms with Crippen LogP contribution in [0, 0.1) is 0 Å². The predicted molar refractivity (Wildman–Crippen MR) is 121 cm³/mol. The average Bonchev–Trinajstić information content (AvgIpc) is 3.15. The van der Waals surface area contributed by atoms with Crippen LogP contribution in [-0.2, 0) is 28.2 Å². The van der Waals surface area contributed by atoms with Crippen LogP contribution >= 0.6 is 23.1 Å². The molecule has 4 rings (SSSR count). The summed E-state index contributed by atoms with van der Waals surface area (Å²) in [6.45, 7) is 4.35. The lowest BCUT2D eigenvalue weighted by atomic mass is 9.97. The standard InChI is InChI=1S/C21H28N4O3S2/c1-2-17(26)24-8-10-25(11-9-24)18(27)7-12-29-13-16-22-20(28)19-14-5-3-4-6-15(14)30-21(19)23-16/h2-13H2,1H3,(H,22,23,28). The van der Waals surface area contributed by atoms with E-state index in [0.29, 0.717) is 56.4 Å². The lowest BCUT2D eigenvalue weighted by Gasteiger charge is -2.34. The van der Waals surface area contributed by atoms with Crippen LogP contribution < -0.4 is 5.56 Å². The van der Waals surface area contributed by atoms with E-state index in [0.717, 1.165) is 29.5 Å². The van der Waals surface area contributed by atoms with Gasteiger partial charge in [-0.1, -0.05) is 6.92 Å². The summed E-state index contributed by atoms with van der Waals surface area (Å²) in [5.74, 6) is 2.27. The van der Waals surface area contributed by atoms with Crippen molar-refractivity contribution in [3.63, 3.8) is 0 Å². The van der Waals surface area contributed by atoms with Crippen LogP contribution in [-0.4, -0.2) is 63.5 Å². The molecule has 0 saturated carbocycles. The van der Waals surface area contributed by atoms with Gasteiger partial charge in [0.05, 0.1) is 11.1 Å². The minimum Gasteiger partial charge on any atom is -0.339 e. The van der Waals surface area contributed by atoms with E-state index in [2.05, 4.69) is 9.97 Å². The highest BCUT2D eigenvalue weighted by molar-refractivity contribution is 7.98. The summed E-state index contributed by atoms with van der Waals surface area (Å²) in [4.78, 5) is 50.3. The van der Waals surface area contributed by atoms with Gasteiger partial charge in [0.15, 0.2) is 0 Å². The van der Waals surface area contributed by atoms with Gasteiger partial charge in [-0.3, -0.25) is 14.4 Å². The first-order valence-electron chi connectivity index (χ1n) is 10.7. The number of thiophene rings is 1. The van der Waals surface area contributed by atoms with Crippen LogP contribution in [0.1, 0.15) is 48.9 Å². The van der Waals surface area contributed by atoms with Crippen molar-refractivity contribution in [1.29, 1.82) is 0 Å². The van der Waals surface area contributed by atoms with Crippen LogP contribution in [0.3, 0.4) is 0 Å². The molecule has 0 unspecified atom stereocenters. The predicted octanol–water partition coefficient (Wildman–Crippen LogP) is 2.57. The number of carbonyl (C=O) groups excluding carboxylic acids is 2. The maximum absolute atomic E-state index is 12.6. The first-order chi connectivity index (χ1) is 14.6. The number of nitrogens with one attached hydrogen (secondary N) is 1. The third kappa shape index (κ3) is 4.56. The van der Waals surface area contributed by atoms with Gasteiger partial charge in [0.1, 0.15) is 10.7 Å². The molecule has 1 aliphatic heterocycles. The molecule has 0 atom stereocenters. The average molecular weight is 449 g/mol. The summed E-state index contributed by atoms with van der Waals surface area (Å²) in [6, 6.07) is 0. The topological polar surface area (TPSA) is 86.4 Å². The molecule has 0 aromatic carbocycles. The molecule has 9 heteroatoms. The van der Waals surface area contributed by atoms with Crippen molar-refractivity contribution in [3.05, 3.63) is 26.6 Å². The molecule has 30 heavy (non-hydrogen) atoms. The van der Waals surface area contributed by atoms with E-state index in [9.17, 15) is 14.4 Å². The zero-order valence-corrected chi connectivity index (χ0v) is 19.0. The molecule has 0 bridgehead atoms. The Bertz CT molecular complexity index is 992. The normalized spacial score (nSPS) is 16.7. The summed E-state index contributed by atoms with van der Waals surface area (Å²) in [6.07, 6.45) is 5.36. The summed E-state index contributed by atoms with van der Waals surface area (Å²) in [5.41, 5.74) is 1.19. The summed E-state index contributed by atoms with van der Waals surface area (Å²) in [5, 5.41) is 0.791. The Kier molecular flexibility index (Phi) is 6.77. The molecule has 0 spiro atoms. The van der Waals surface area contributed by atoms with Crippen molar-refractivity contribution in [3.8, 4) is 0 Å². The fourth-order valence-electron chi connectivity index (χ4n) is 4.19. The Labute approximate surface area is 184 Å². The molecule has 1 saturated heterocycles. The van der Waals surface area contributed by atoms with E-state index >= 15 is 0 Å². The zero-order valence-electron chi connectivity index (χ0n) is 17.4. The minimum absolute atomic E-state index is 0.0226. The van der Waals surface area contributed by atoms with Crippen LogP contribution in [0.4, 0.5) is 0 Å². The summed E-state index contributed by atoms with van der Waals surface area (Å²) < 4.78 is 0. The van der Waals surface area contributed by atoms with E-state index < -0.39 is 0 Å². The Balaban J connectivity index is 1.27. The maximum Gasteiger partial charge on any atom is 0.259 e. The number of hydrogen-bond acceptors (Lipinski definition) is 6. The molecule has 2 aromatic heterocycles.